The largest absolute Gasteiger partial charge is 0.476 e. The van der Waals surface area contributed by atoms with Crippen molar-refractivity contribution in [2.24, 2.45) is 0 Å². The summed E-state index contributed by atoms with van der Waals surface area (Å²) in [6.07, 6.45) is 4.45. The van der Waals surface area contributed by atoms with Crippen LogP contribution in [0, 0.1) is 6.92 Å². The third-order valence-corrected chi connectivity index (χ3v) is 3.45. The topological polar surface area (TPSA) is 68.0 Å². The summed E-state index contributed by atoms with van der Waals surface area (Å²) >= 11 is 0. The van der Waals surface area contributed by atoms with Gasteiger partial charge in [-0.2, -0.15) is 0 Å². The number of rotatable bonds is 7. The molecule has 0 aliphatic rings. The maximum absolute atomic E-state index is 11.4. The highest BCUT2D eigenvalue weighted by Gasteiger charge is 2.20. The number of hydrogen-bond acceptors (Lipinski definition) is 3. The molecule has 1 aromatic heterocycles. The van der Waals surface area contributed by atoms with E-state index in [1.165, 1.54) is 12.8 Å². The van der Waals surface area contributed by atoms with E-state index in [1.807, 2.05) is 31.2 Å². The maximum Gasteiger partial charge on any atom is 0.358 e. The first-order valence-electron chi connectivity index (χ1n) is 7.37. The third-order valence-electron chi connectivity index (χ3n) is 3.45. The van der Waals surface area contributed by atoms with E-state index in [2.05, 4.69) is 17.2 Å². The molecule has 0 unspecified atom stereocenters. The molecule has 0 fully saturated rings. The fourth-order valence-electron chi connectivity index (χ4n) is 2.38. The summed E-state index contributed by atoms with van der Waals surface area (Å²) in [5, 5.41) is 17.2. The molecule has 1 aromatic carbocycles. The predicted octanol–water partition coefficient (Wildman–Crippen LogP) is 3.53. The molecular formula is C16H21N3O2. The molecule has 0 amide bonds. The minimum absolute atomic E-state index is 0.0242. The molecule has 1 N–H and O–H groups in total. The van der Waals surface area contributed by atoms with Crippen molar-refractivity contribution < 1.29 is 9.90 Å². The van der Waals surface area contributed by atoms with Crippen LogP contribution in [0.1, 0.15) is 48.7 Å². The van der Waals surface area contributed by atoms with Crippen LogP contribution in [0.3, 0.4) is 0 Å². The first kappa shape index (κ1) is 15.2. The molecule has 2 rings (SSSR count). The smallest absolute Gasteiger partial charge is 0.358 e. The molecule has 0 saturated heterocycles. The molecule has 112 valence electrons. The lowest BCUT2D eigenvalue weighted by molar-refractivity contribution is 0.0691. The summed E-state index contributed by atoms with van der Waals surface area (Å²) in [6.45, 7) is 4.85. The first-order chi connectivity index (χ1) is 10.1. The number of carbonyl (C=O) groups is 1. The van der Waals surface area contributed by atoms with Gasteiger partial charge in [0.15, 0.2) is 5.69 Å². The molecule has 0 spiro atoms. The second kappa shape index (κ2) is 7.02. The molecule has 0 radical (unpaired) electrons. The highest BCUT2D eigenvalue weighted by Crippen LogP contribution is 2.23. The molecule has 2 aromatic rings. The van der Waals surface area contributed by atoms with Crippen molar-refractivity contribution in [1.29, 1.82) is 0 Å². The van der Waals surface area contributed by atoms with Gasteiger partial charge < -0.3 is 5.11 Å². The van der Waals surface area contributed by atoms with Gasteiger partial charge in [-0.15, -0.1) is 5.10 Å². The van der Waals surface area contributed by atoms with E-state index in [0.717, 1.165) is 24.0 Å². The highest BCUT2D eigenvalue weighted by molar-refractivity contribution is 5.92. The Hall–Kier alpha value is -2.17. The summed E-state index contributed by atoms with van der Waals surface area (Å²) in [5.41, 5.74) is 2.56. The molecule has 5 heteroatoms. The minimum atomic E-state index is -1.04. The SMILES string of the molecule is CCCCCCn1nnc(C(=O)O)c1-c1cccc(C)c1. The first-order valence-corrected chi connectivity index (χ1v) is 7.37. The number of aromatic nitrogens is 3. The van der Waals surface area contributed by atoms with Gasteiger partial charge in [-0.1, -0.05) is 55.2 Å². The number of aryl methyl sites for hydroxylation is 2. The summed E-state index contributed by atoms with van der Waals surface area (Å²) in [6, 6.07) is 7.78. The fourth-order valence-corrected chi connectivity index (χ4v) is 2.38. The highest BCUT2D eigenvalue weighted by atomic mass is 16.4. The van der Waals surface area contributed by atoms with E-state index in [9.17, 15) is 9.90 Å². The molecule has 21 heavy (non-hydrogen) atoms. The molecule has 0 bridgehead atoms. The van der Waals surface area contributed by atoms with Gasteiger partial charge in [0.1, 0.15) is 5.69 Å². The number of hydrogen-bond donors (Lipinski definition) is 1. The van der Waals surface area contributed by atoms with E-state index in [1.54, 1.807) is 4.68 Å². The van der Waals surface area contributed by atoms with Crippen molar-refractivity contribution in [2.45, 2.75) is 46.1 Å². The second-order valence-corrected chi connectivity index (χ2v) is 5.25. The van der Waals surface area contributed by atoms with Gasteiger partial charge >= 0.3 is 5.97 Å². The monoisotopic (exact) mass is 287 g/mol. The average molecular weight is 287 g/mol. The lowest BCUT2D eigenvalue weighted by Gasteiger charge is -2.08. The maximum atomic E-state index is 11.4. The van der Waals surface area contributed by atoms with E-state index in [-0.39, 0.29) is 5.69 Å². The molecule has 0 atom stereocenters. The summed E-state index contributed by atoms with van der Waals surface area (Å²) in [7, 11) is 0. The molecule has 1 heterocycles. The quantitative estimate of drug-likeness (QED) is 0.791. The van der Waals surface area contributed by atoms with Gasteiger partial charge in [0, 0.05) is 12.1 Å². The van der Waals surface area contributed by atoms with Crippen molar-refractivity contribution in [3.8, 4) is 11.3 Å². The predicted molar refractivity (Wildman–Crippen MR) is 81.3 cm³/mol. The van der Waals surface area contributed by atoms with Crippen molar-refractivity contribution in [2.75, 3.05) is 0 Å². The van der Waals surface area contributed by atoms with Crippen LogP contribution in [0.25, 0.3) is 11.3 Å². The molecular weight excluding hydrogens is 266 g/mol. The Morgan fingerprint density at radius 1 is 1.29 bits per heavy atom. The van der Waals surface area contributed by atoms with Gasteiger partial charge in [0.25, 0.3) is 0 Å². The van der Waals surface area contributed by atoms with E-state index in [4.69, 9.17) is 0 Å². The van der Waals surface area contributed by atoms with Crippen molar-refractivity contribution in [3.05, 3.63) is 35.5 Å². The van der Waals surface area contributed by atoms with Crippen molar-refractivity contribution in [1.82, 2.24) is 15.0 Å². The van der Waals surface area contributed by atoms with Crippen LogP contribution in [-0.2, 0) is 6.54 Å². The second-order valence-electron chi connectivity index (χ2n) is 5.25. The lowest BCUT2D eigenvalue weighted by atomic mass is 10.1. The number of carboxylic acid groups (broad SMARTS) is 1. The molecule has 5 nitrogen and oxygen atoms in total. The summed E-state index contributed by atoms with van der Waals surface area (Å²) in [5.74, 6) is -1.04. The Kier molecular flexibility index (Phi) is 5.09. The van der Waals surface area contributed by atoms with Gasteiger partial charge in [-0.05, 0) is 19.4 Å². The van der Waals surface area contributed by atoms with Gasteiger partial charge in [0.05, 0.1) is 0 Å². The number of carboxylic acids is 1. The minimum Gasteiger partial charge on any atom is -0.476 e. The van der Waals surface area contributed by atoms with Crippen LogP contribution in [0.2, 0.25) is 0 Å². The number of unbranched alkanes of at least 4 members (excludes halogenated alkanes) is 3. The zero-order valence-corrected chi connectivity index (χ0v) is 12.5. The van der Waals surface area contributed by atoms with Crippen LogP contribution in [-0.4, -0.2) is 26.1 Å². The summed E-state index contributed by atoms with van der Waals surface area (Å²) < 4.78 is 1.72. The van der Waals surface area contributed by atoms with Crippen LogP contribution < -0.4 is 0 Å². The summed E-state index contributed by atoms with van der Waals surface area (Å²) in [4.78, 5) is 11.4. The third kappa shape index (κ3) is 3.68. The zero-order chi connectivity index (χ0) is 15.2. The van der Waals surface area contributed by atoms with Crippen molar-refractivity contribution >= 4 is 5.97 Å². The Labute approximate surface area is 124 Å². The number of benzene rings is 1. The van der Waals surface area contributed by atoms with E-state index >= 15 is 0 Å². The Morgan fingerprint density at radius 3 is 2.76 bits per heavy atom. The van der Waals surface area contributed by atoms with Gasteiger partial charge in [0.2, 0.25) is 0 Å². The fraction of sp³-hybridized carbons (Fsp3) is 0.438. The van der Waals surface area contributed by atoms with E-state index < -0.39 is 5.97 Å². The van der Waals surface area contributed by atoms with Crippen molar-refractivity contribution in [3.63, 3.8) is 0 Å². The number of nitrogens with zero attached hydrogens (tertiary/aromatic N) is 3. The van der Waals surface area contributed by atoms with E-state index in [0.29, 0.717) is 12.2 Å². The van der Waals surface area contributed by atoms with Gasteiger partial charge in [-0.25, -0.2) is 9.48 Å². The zero-order valence-electron chi connectivity index (χ0n) is 12.5. The van der Waals surface area contributed by atoms with Crippen LogP contribution in [0.4, 0.5) is 0 Å². The average Bonchev–Trinajstić information content (AvgIpc) is 2.87. The Bertz CT molecular complexity index is 620. The molecule has 0 aliphatic carbocycles. The van der Waals surface area contributed by atoms with Crippen LogP contribution >= 0.6 is 0 Å². The normalized spacial score (nSPS) is 10.8. The lowest BCUT2D eigenvalue weighted by Crippen LogP contribution is -2.05. The molecule has 0 saturated carbocycles. The standard InChI is InChI=1S/C16H21N3O2/c1-3-4-5-6-10-19-15(14(16(20)21)17-18-19)13-9-7-8-12(2)11-13/h7-9,11H,3-6,10H2,1-2H3,(H,20,21). The van der Waals surface area contributed by atoms with Crippen LogP contribution in [0.15, 0.2) is 24.3 Å². The van der Waals surface area contributed by atoms with Crippen LogP contribution in [0.5, 0.6) is 0 Å². The Morgan fingerprint density at radius 2 is 2.10 bits per heavy atom. The van der Waals surface area contributed by atoms with Gasteiger partial charge in [-0.3, -0.25) is 0 Å². The Balaban J connectivity index is 2.31. The number of aromatic carboxylic acids is 1. The molecule has 0 aliphatic heterocycles.